The fourth-order valence-corrected chi connectivity index (χ4v) is 6.42. The largest absolute Gasteiger partial charge is 0.460 e. The fraction of sp³-hybridized carbons (Fsp3) is 0.629. The molecule has 0 bridgehead atoms. The monoisotopic (exact) mass is 652 g/mol. The number of nitrogens with zero attached hydrogens (tertiary/aromatic N) is 1. The van der Waals surface area contributed by atoms with Crippen molar-refractivity contribution in [2.75, 3.05) is 19.8 Å². The van der Waals surface area contributed by atoms with E-state index in [1.807, 2.05) is 65.0 Å². The zero-order chi connectivity index (χ0) is 33.9. The van der Waals surface area contributed by atoms with Crippen molar-refractivity contribution >= 4 is 35.2 Å². The summed E-state index contributed by atoms with van der Waals surface area (Å²) in [6, 6.07) is 5.81. The molecule has 5 atom stereocenters. The highest BCUT2D eigenvalue weighted by Crippen LogP contribution is 2.40. The van der Waals surface area contributed by atoms with E-state index in [4.69, 9.17) is 14.3 Å². The molecule has 5 rings (SSSR count). The Bertz CT molecular complexity index is 1410. The predicted molar refractivity (Wildman–Crippen MR) is 172 cm³/mol. The van der Waals surface area contributed by atoms with Crippen LogP contribution in [0.4, 0.5) is 0 Å². The van der Waals surface area contributed by atoms with Gasteiger partial charge in [-0.3, -0.25) is 34.3 Å². The Morgan fingerprint density at radius 2 is 1.91 bits per heavy atom. The highest BCUT2D eigenvalue weighted by atomic mass is 16.7. The second-order valence-corrected chi connectivity index (χ2v) is 14.4. The molecule has 12 nitrogen and oxygen atoms in total. The quantitative estimate of drug-likeness (QED) is 0.229. The molecule has 0 aromatic heterocycles. The van der Waals surface area contributed by atoms with Gasteiger partial charge in [-0.15, -0.1) is 0 Å². The molecule has 2 saturated heterocycles. The maximum atomic E-state index is 14.5. The number of Topliss-reactive ketones (excluding diaryl/α,β-unsaturated/α-hetero) is 1. The van der Waals surface area contributed by atoms with Gasteiger partial charge >= 0.3 is 5.97 Å². The molecule has 256 valence electrons. The average Bonchev–Trinajstić information content (AvgIpc) is 3.37. The van der Waals surface area contributed by atoms with E-state index < -0.39 is 52.6 Å². The molecule has 3 aliphatic heterocycles. The van der Waals surface area contributed by atoms with Crippen LogP contribution in [0, 0.1) is 18.3 Å². The SMILES string of the molecule is CCC[C@H](NC(=O)[C@@H]1C[C@]2(C=C(c3cccc(C)c3)NO2)CN1C(=O)[C@@H](CC(=O)O[C@H]1CCOC1)C(C)(C)C)C(=O)C(=O)NC1CC1. The van der Waals surface area contributed by atoms with Crippen molar-refractivity contribution in [3.05, 3.63) is 41.5 Å². The first-order valence-electron chi connectivity index (χ1n) is 16.8. The highest BCUT2D eigenvalue weighted by molar-refractivity contribution is 6.38. The van der Waals surface area contributed by atoms with Crippen LogP contribution in [-0.4, -0.2) is 84.0 Å². The molecular weight excluding hydrogens is 604 g/mol. The lowest BCUT2D eigenvalue weighted by molar-refractivity contribution is -0.156. The molecule has 1 aliphatic carbocycles. The van der Waals surface area contributed by atoms with Crippen molar-refractivity contribution in [1.29, 1.82) is 0 Å². The van der Waals surface area contributed by atoms with E-state index in [-0.39, 0.29) is 43.9 Å². The Kier molecular flexibility index (Phi) is 10.4. The normalized spacial score (nSPS) is 25.1. The minimum Gasteiger partial charge on any atom is -0.460 e. The van der Waals surface area contributed by atoms with Crippen LogP contribution in [0.15, 0.2) is 30.3 Å². The maximum Gasteiger partial charge on any atom is 0.306 e. The molecule has 4 aliphatic rings. The van der Waals surface area contributed by atoms with Gasteiger partial charge in [-0.2, -0.15) is 0 Å². The molecular formula is C35H48N4O8. The van der Waals surface area contributed by atoms with E-state index >= 15 is 0 Å². The molecule has 1 spiro atoms. The number of rotatable bonds is 12. The second-order valence-electron chi connectivity index (χ2n) is 14.4. The Morgan fingerprint density at radius 1 is 1.15 bits per heavy atom. The zero-order valence-corrected chi connectivity index (χ0v) is 28.1. The van der Waals surface area contributed by atoms with E-state index in [0.717, 1.165) is 24.0 Å². The summed E-state index contributed by atoms with van der Waals surface area (Å²) < 4.78 is 10.9. The van der Waals surface area contributed by atoms with Crippen molar-refractivity contribution in [2.24, 2.45) is 11.3 Å². The van der Waals surface area contributed by atoms with E-state index in [1.165, 1.54) is 4.90 Å². The number of nitrogens with one attached hydrogen (secondary N) is 3. The number of hydroxylamine groups is 1. The standard InChI is InChI=1S/C35H48N4O8/c1-6-8-26(30(41)32(43)36-23-11-12-23)37-31(42)28-18-35(17-27(38-47-35)22-10-7-9-21(2)15-22)20-39(28)33(44)25(34(3,4)5)16-29(40)46-24-13-14-45-19-24/h7,9-10,15,17,23-26,28,38H,6,8,11-14,16,18-20H2,1-5H3,(H,36,43)(H,37,42)/t24-,25+,26-,28-,35+/m0/s1. The first-order valence-corrected chi connectivity index (χ1v) is 16.8. The number of esters is 1. The first kappa shape index (κ1) is 34.6. The van der Waals surface area contributed by atoms with Gasteiger partial charge in [-0.25, -0.2) is 0 Å². The summed E-state index contributed by atoms with van der Waals surface area (Å²) in [5, 5.41) is 5.51. The topological polar surface area (TPSA) is 152 Å². The molecule has 1 aromatic carbocycles. The van der Waals surface area contributed by atoms with Gasteiger partial charge in [0.2, 0.25) is 17.6 Å². The number of likely N-dealkylation sites (tertiary alicyclic amines) is 1. The van der Waals surface area contributed by atoms with Crippen molar-refractivity contribution in [3.63, 3.8) is 0 Å². The fourth-order valence-electron chi connectivity index (χ4n) is 6.42. The Balaban J connectivity index is 1.41. The zero-order valence-electron chi connectivity index (χ0n) is 28.1. The Hall–Kier alpha value is -3.77. The molecule has 47 heavy (non-hydrogen) atoms. The van der Waals surface area contributed by atoms with Gasteiger partial charge in [-0.05, 0) is 49.3 Å². The van der Waals surface area contributed by atoms with Gasteiger partial charge < -0.3 is 25.0 Å². The van der Waals surface area contributed by atoms with Crippen LogP contribution in [0.25, 0.3) is 5.70 Å². The Labute approximate surface area is 276 Å². The van der Waals surface area contributed by atoms with Crippen molar-refractivity contribution in [2.45, 2.75) is 109 Å². The van der Waals surface area contributed by atoms with Gasteiger partial charge in [0.15, 0.2) is 0 Å². The summed E-state index contributed by atoms with van der Waals surface area (Å²) in [4.78, 5) is 75.0. The Morgan fingerprint density at radius 3 is 2.55 bits per heavy atom. The summed E-state index contributed by atoms with van der Waals surface area (Å²) >= 11 is 0. The van der Waals surface area contributed by atoms with Crippen LogP contribution in [0.2, 0.25) is 0 Å². The van der Waals surface area contributed by atoms with Gasteiger partial charge in [0, 0.05) is 18.9 Å². The number of carbonyl (C=O) groups excluding carboxylic acids is 5. The summed E-state index contributed by atoms with van der Waals surface area (Å²) in [6.07, 6.45) is 4.57. The molecule has 3 N–H and O–H groups in total. The van der Waals surface area contributed by atoms with E-state index in [2.05, 4.69) is 16.1 Å². The number of hydrogen-bond acceptors (Lipinski definition) is 9. The average molecular weight is 653 g/mol. The van der Waals surface area contributed by atoms with Gasteiger partial charge in [-0.1, -0.05) is 57.9 Å². The number of ether oxygens (including phenoxy) is 2. The molecule has 3 heterocycles. The first-order chi connectivity index (χ1) is 22.3. The number of hydrogen-bond donors (Lipinski definition) is 3. The van der Waals surface area contributed by atoms with Crippen molar-refractivity contribution in [1.82, 2.24) is 21.0 Å². The van der Waals surface area contributed by atoms with Gasteiger partial charge in [0.1, 0.15) is 17.7 Å². The lowest BCUT2D eigenvalue weighted by Crippen LogP contribution is -2.54. The highest BCUT2D eigenvalue weighted by Gasteiger charge is 2.54. The summed E-state index contributed by atoms with van der Waals surface area (Å²) in [7, 11) is 0. The summed E-state index contributed by atoms with van der Waals surface area (Å²) in [6.45, 7) is 10.4. The van der Waals surface area contributed by atoms with E-state index in [9.17, 15) is 24.0 Å². The van der Waals surface area contributed by atoms with E-state index in [1.54, 1.807) is 0 Å². The third kappa shape index (κ3) is 8.39. The molecule has 12 heteroatoms. The number of amides is 3. The number of carbonyl (C=O) groups is 5. The number of benzene rings is 1. The molecule has 0 unspecified atom stereocenters. The third-order valence-electron chi connectivity index (χ3n) is 9.29. The molecule has 3 fully saturated rings. The van der Waals surface area contributed by atoms with Crippen LogP contribution < -0.4 is 16.1 Å². The molecule has 1 aromatic rings. The third-order valence-corrected chi connectivity index (χ3v) is 9.29. The van der Waals surface area contributed by atoms with Gasteiger partial charge in [0.05, 0.1) is 43.8 Å². The lowest BCUT2D eigenvalue weighted by Gasteiger charge is -2.35. The van der Waals surface area contributed by atoms with Crippen molar-refractivity contribution < 1.29 is 38.3 Å². The minimum atomic E-state index is -1.05. The van der Waals surface area contributed by atoms with Crippen LogP contribution in [0.1, 0.15) is 83.8 Å². The van der Waals surface area contributed by atoms with Crippen LogP contribution in [0.3, 0.4) is 0 Å². The number of aryl methyl sites for hydroxylation is 1. The summed E-state index contributed by atoms with van der Waals surface area (Å²) in [5.74, 6) is -3.67. The van der Waals surface area contributed by atoms with Crippen LogP contribution >= 0.6 is 0 Å². The smallest absolute Gasteiger partial charge is 0.306 e. The van der Waals surface area contributed by atoms with Crippen molar-refractivity contribution in [3.8, 4) is 0 Å². The molecule has 1 saturated carbocycles. The second kappa shape index (κ2) is 14.1. The predicted octanol–water partition coefficient (Wildman–Crippen LogP) is 2.73. The lowest BCUT2D eigenvalue weighted by atomic mass is 9.77. The molecule has 3 amide bonds. The van der Waals surface area contributed by atoms with Crippen LogP contribution in [-0.2, 0) is 38.3 Å². The molecule has 0 radical (unpaired) electrons. The minimum absolute atomic E-state index is 0.00384. The van der Waals surface area contributed by atoms with Gasteiger partial charge in [0.25, 0.3) is 5.91 Å². The maximum absolute atomic E-state index is 14.5. The summed E-state index contributed by atoms with van der Waals surface area (Å²) in [5.41, 5.74) is 3.97. The van der Waals surface area contributed by atoms with E-state index in [0.29, 0.717) is 31.8 Å². The number of ketones is 1. The van der Waals surface area contributed by atoms with Crippen LogP contribution in [0.5, 0.6) is 0 Å².